The van der Waals surface area contributed by atoms with Gasteiger partial charge in [0, 0.05) is 24.1 Å². The number of amides is 2. The summed E-state index contributed by atoms with van der Waals surface area (Å²) in [5, 5.41) is 5.69. The number of carbonyl (C=O) groups excluding carboxylic acids is 3. The third-order valence-corrected chi connectivity index (χ3v) is 4.64. The molecule has 1 aliphatic heterocycles. The molecule has 0 saturated carbocycles. The fraction of sp³-hybridized carbons (Fsp3) is 0.286. The van der Waals surface area contributed by atoms with Crippen molar-refractivity contribution < 1.29 is 19.1 Å². The van der Waals surface area contributed by atoms with Crippen molar-refractivity contribution in [3.05, 3.63) is 71.8 Å². The van der Waals surface area contributed by atoms with Crippen molar-refractivity contribution in [1.29, 1.82) is 0 Å². The highest BCUT2D eigenvalue weighted by Crippen LogP contribution is 2.26. The minimum Gasteiger partial charge on any atom is -0.464 e. The lowest BCUT2D eigenvalue weighted by Crippen LogP contribution is -2.52. The minimum atomic E-state index is -1.04. The lowest BCUT2D eigenvalue weighted by atomic mass is 9.91. The average molecular weight is 366 g/mol. The molecule has 0 aliphatic carbocycles. The maximum atomic E-state index is 12.5. The number of rotatable bonds is 7. The number of benzene rings is 2. The van der Waals surface area contributed by atoms with E-state index in [1.807, 2.05) is 12.1 Å². The van der Waals surface area contributed by atoms with Crippen LogP contribution in [0.4, 0.5) is 0 Å². The van der Waals surface area contributed by atoms with Crippen molar-refractivity contribution >= 4 is 17.8 Å². The van der Waals surface area contributed by atoms with Crippen LogP contribution in [-0.4, -0.2) is 36.5 Å². The lowest BCUT2D eigenvalue weighted by Gasteiger charge is -2.26. The molecule has 1 heterocycles. The molecule has 0 bridgehead atoms. The van der Waals surface area contributed by atoms with Gasteiger partial charge in [0.25, 0.3) is 11.8 Å². The Labute approximate surface area is 157 Å². The predicted molar refractivity (Wildman–Crippen MR) is 100 cm³/mol. The van der Waals surface area contributed by atoms with Crippen LogP contribution < -0.4 is 10.6 Å². The van der Waals surface area contributed by atoms with E-state index < -0.39 is 11.5 Å². The van der Waals surface area contributed by atoms with Gasteiger partial charge >= 0.3 is 5.97 Å². The average Bonchev–Trinajstić information content (AvgIpc) is 3.06. The van der Waals surface area contributed by atoms with Crippen molar-refractivity contribution in [1.82, 2.24) is 10.6 Å². The van der Waals surface area contributed by atoms with E-state index in [1.54, 1.807) is 48.5 Å². The minimum absolute atomic E-state index is 0.160. The highest BCUT2D eigenvalue weighted by atomic mass is 16.5. The third kappa shape index (κ3) is 4.53. The summed E-state index contributed by atoms with van der Waals surface area (Å²) in [6, 6.07) is 17.7. The van der Waals surface area contributed by atoms with Crippen LogP contribution in [0.3, 0.4) is 0 Å². The molecule has 27 heavy (non-hydrogen) atoms. The molecular weight excluding hydrogens is 344 g/mol. The van der Waals surface area contributed by atoms with Gasteiger partial charge in [0.2, 0.25) is 0 Å². The molecule has 1 saturated heterocycles. The van der Waals surface area contributed by atoms with Gasteiger partial charge in [-0.05, 0) is 37.1 Å². The highest BCUT2D eigenvalue weighted by Gasteiger charge is 2.45. The molecule has 0 spiro atoms. The molecule has 0 radical (unpaired) electrons. The number of hydrogen-bond acceptors (Lipinski definition) is 4. The Morgan fingerprint density at radius 3 is 2.07 bits per heavy atom. The second kappa shape index (κ2) is 8.49. The number of hydrogen-bond donors (Lipinski definition) is 2. The van der Waals surface area contributed by atoms with E-state index in [1.165, 1.54) is 0 Å². The van der Waals surface area contributed by atoms with Gasteiger partial charge in [-0.1, -0.05) is 36.4 Å². The zero-order valence-electron chi connectivity index (χ0n) is 14.9. The quantitative estimate of drug-likeness (QED) is 0.582. The first kappa shape index (κ1) is 18.6. The van der Waals surface area contributed by atoms with Crippen molar-refractivity contribution in [2.24, 2.45) is 0 Å². The molecule has 2 N–H and O–H groups in total. The third-order valence-electron chi connectivity index (χ3n) is 4.64. The lowest BCUT2D eigenvalue weighted by molar-refractivity contribution is -0.143. The van der Waals surface area contributed by atoms with Gasteiger partial charge in [-0.15, -0.1) is 0 Å². The number of carbonyl (C=O) groups is 3. The zero-order valence-corrected chi connectivity index (χ0v) is 14.9. The summed E-state index contributed by atoms with van der Waals surface area (Å²) in [4.78, 5) is 36.9. The van der Waals surface area contributed by atoms with Gasteiger partial charge < -0.3 is 15.4 Å². The van der Waals surface area contributed by atoms with Gasteiger partial charge in [-0.2, -0.15) is 0 Å². The Morgan fingerprint density at radius 1 is 0.926 bits per heavy atom. The van der Waals surface area contributed by atoms with Crippen molar-refractivity contribution in [2.45, 2.75) is 24.8 Å². The second-order valence-corrected chi connectivity index (χ2v) is 6.51. The summed E-state index contributed by atoms with van der Waals surface area (Å²) in [6.07, 6.45) is 1.37. The van der Waals surface area contributed by atoms with Crippen LogP contribution in [0.15, 0.2) is 60.7 Å². The standard InChI is InChI=1S/C21H22N2O4/c24-18(16-8-3-1-4-9-16)22-14-7-12-21(13-15-27-20(21)26)23-19(25)17-10-5-2-6-11-17/h1-6,8-11H,7,12-15H2,(H,22,24)(H,23,25)/t21-/m0/s1. The SMILES string of the molecule is O=C(NCCC[C@]1(NC(=O)c2ccccc2)CCOC1=O)c1ccccc1. The molecule has 140 valence electrons. The molecule has 6 heteroatoms. The Hall–Kier alpha value is -3.15. The molecule has 1 atom stereocenters. The Balaban J connectivity index is 1.56. The van der Waals surface area contributed by atoms with E-state index in [2.05, 4.69) is 10.6 Å². The van der Waals surface area contributed by atoms with Crippen LogP contribution in [0.25, 0.3) is 0 Å². The van der Waals surface area contributed by atoms with E-state index in [0.29, 0.717) is 36.9 Å². The van der Waals surface area contributed by atoms with Crippen molar-refractivity contribution in [3.8, 4) is 0 Å². The van der Waals surface area contributed by atoms with Gasteiger partial charge in [0.05, 0.1) is 6.61 Å². The van der Waals surface area contributed by atoms with Crippen LogP contribution in [0.2, 0.25) is 0 Å². The maximum Gasteiger partial charge on any atom is 0.331 e. The first-order valence-electron chi connectivity index (χ1n) is 8.99. The molecule has 2 amide bonds. The van der Waals surface area contributed by atoms with Crippen LogP contribution in [0.5, 0.6) is 0 Å². The Bertz CT molecular complexity index is 807. The van der Waals surface area contributed by atoms with E-state index in [0.717, 1.165) is 0 Å². The fourth-order valence-electron chi connectivity index (χ4n) is 3.12. The molecule has 6 nitrogen and oxygen atoms in total. The van der Waals surface area contributed by atoms with E-state index >= 15 is 0 Å². The van der Waals surface area contributed by atoms with Crippen LogP contribution in [-0.2, 0) is 9.53 Å². The van der Waals surface area contributed by atoms with Gasteiger partial charge in [-0.3, -0.25) is 9.59 Å². The molecule has 0 unspecified atom stereocenters. The normalized spacial score (nSPS) is 18.6. The van der Waals surface area contributed by atoms with E-state index in [-0.39, 0.29) is 18.4 Å². The van der Waals surface area contributed by atoms with Gasteiger partial charge in [0.15, 0.2) is 0 Å². The number of nitrogens with one attached hydrogen (secondary N) is 2. The highest BCUT2D eigenvalue weighted by molar-refractivity contribution is 5.98. The summed E-state index contributed by atoms with van der Waals surface area (Å²) < 4.78 is 5.11. The summed E-state index contributed by atoms with van der Waals surface area (Å²) in [5.41, 5.74) is 0.0449. The van der Waals surface area contributed by atoms with Gasteiger partial charge in [-0.25, -0.2) is 4.79 Å². The largest absolute Gasteiger partial charge is 0.464 e. The first-order chi connectivity index (χ1) is 13.1. The molecule has 2 aromatic rings. The number of esters is 1. The summed E-state index contributed by atoms with van der Waals surface area (Å²) in [6.45, 7) is 0.689. The topological polar surface area (TPSA) is 84.5 Å². The van der Waals surface area contributed by atoms with Crippen molar-refractivity contribution in [2.75, 3.05) is 13.2 Å². The smallest absolute Gasteiger partial charge is 0.331 e. The molecular formula is C21H22N2O4. The first-order valence-corrected chi connectivity index (χ1v) is 8.99. The molecule has 1 aliphatic rings. The maximum absolute atomic E-state index is 12.5. The monoisotopic (exact) mass is 366 g/mol. The second-order valence-electron chi connectivity index (χ2n) is 6.51. The number of cyclic esters (lactones) is 1. The van der Waals surface area contributed by atoms with Crippen LogP contribution >= 0.6 is 0 Å². The summed E-state index contributed by atoms with van der Waals surface area (Å²) in [7, 11) is 0. The fourth-order valence-corrected chi connectivity index (χ4v) is 3.12. The van der Waals surface area contributed by atoms with Crippen LogP contribution in [0.1, 0.15) is 40.0 Å². The summed E-state index contributed by atoms with van der Waals surface area (Å²) in [5.74, 6) is -0.879. The number of ether oxygens (including phenoxy) is 1. The Kier molecular flexibility index (Phi) is 5.86. The summed E-state index contributed by atoms with van der Waals surface area (Å²) >= 11 is 0. The van der Waals surface area contributed by atoms with Crippen molar-refractivity contribution in [3.63, 3.8) is 0 Å². The molecule has 3 rings (SSSR count). The molecule has 2 aromatic carbocycles. The van der Waals surface area contributed by atoms with Gasteiger partial charge in [0.1, 0.15) is 5.54 Å². The Morgan fingerprint density at radius 2 is 1.52 bits per heavy atom. The van der Waals surface area contributed by atoms with E-state index in [4.69, 9.17) is 4.74 Å². The van der Waals surface area contributed by atoms with Crippen LogP contribution in [0, 0.1) is 0 Å². The van der Waals surface area contributed by atoms with E-state index in [9.17, 15) is 14.4 Å². The molecule has 1 fully saturated rings. The zero-order chi connectivity index (χ0) is 19.1. The predicted octanol–water partition coefficient (Wildman–Crippen LogP) is 2.31. The molecule has 0 aromatic heterocycles.